The molecule has 2 aromatic rings. The molecule has 1 amide bonds. The third kappa shape index (κ3) is 3.70. The molecular weight excluding hydrogens is 377 g/mol. The fourth-order valence-corrected chi connectivity index (χ4v) is 2.68. The number of hydrogen-bond donors (Lipinski definition) is 1. The van der Waals surface area contributed by atoms with Crippen molar-refractivity contribution in [3.8, 4) is 5.75 Å². The van der Waals surface area contributed by atoms with Crippen LogP contribution in [0.15, 0.2) is 34.8 Å². The molecule has 0 atom stereocenters. The number of methoxy groups -OCH3 is 1. The molecule has 0 fully saturated rings. The number of benzene rings is 2. The lowest BCUT2D eigenvalue weighted by Gasteiger charge is -2.12. The molecule has 2 aromatic carbocycles. The Morgan fingerprint density at radius 3 is 2.62 bits per heavy atom. The molecule has 0 saturated heterocycles. The van der Waals surface area contributed by atoms with Gasteiger partial charge in [-0.05, 0) is 58.7 Å². The normalized spacial score (nSPS) is 10.3. The Morgan fingerprint density at radius 1 is 1.24 bits per heavy atom. The maximum Gasteiger partial charge on any atom is 0.259 e. The van der Waals surface area contributed by atoms with E-state index >= 15 is 0 Å². The molecule has 1 N–H and O–H groups in total. The molecule has 3 nitrogen and oxygen atoms in total. The van der Waals surface area contributed by atoms with Crippen molar-refractivity contribution in [1.29, 1.82) is 0 Å². The Morgan fingerprint density at radius 2 is 1.95 bits per heavy atom. The number of aryl methyl sites for hydroxylation is 1. The monoisotopic (exact) mass is 387 g/mol. The summed E-state index contributed by atoms with van der Waals surface area (Å²) in [4.78, 5) is 12.4. The highest BCUT2D eigenvalue weighted by atomic mass is 79.9. The zero-order valence-electron chi connectivity index (χ0n) is 11.3. The minimum Gasteiger partial charge on any atom is -0.496 e. The predicted molar refractivity (Wildman–Crippen MR) is 89.8 cm³/mol. The van der Waals surface area contributed by atoms with Crippen LogP contribution in [0.5, 0.6) is 5.75 Å². The first kappa shape index (κ1) is 16.1. The van der Waals surface area contributed by atoms with Gasteiger partial charge in [-0.2, -0.15) is 0 Å². The van der Waals surface area contributed by atoms with Gasteiger partial charge in [0.1, 0.15) is 5.75 Å². The molecule has 110 valence electrons. The minimum absolute atomic E-state index is 0.324. The highest BCUT2D eigenvalue weighted by molar-refractivity contribution is 9.10. The highest BCUT2D eigenvalue weighted by Gasteiger charge is 2.15. The molecule has 0 saturated carbocycles. The summed E-state index contributed by atoms with van der Waals surface area (Å²) in [5.74, 6) is 0.126. The van der Waals surface area contributed by atoms with E-state index in [0.29, 0.717) is 27.0 Å². The molecular formula is C15H12BrCl2NO2. The number of halogens is 3. The van der Waals surface area contributed by atoms with Crippen molar-refractivity contribution in [3.05, 3.63) is 56.0 Å². The molecule has 0 heterocycles. The van der Waals surface area contributed by atoms with Gasteiger partial charge in [0, 0.05) is 14.5 Å². The summed E-state index contributed by atoms with van der Waals surface area (Å²) in [6.45, 7) is 1.89. The lowest BCUT2D eigenvalue weighted by molar-refractivity contribution is 0.102. The van der Waals surface area contributed by atoms with E-state index in [0.717, 1.165) is 10.0 Å². The summed E-state index contributed by atoms with van der Waals surface area (Å²) in [5, 5.41) is 3.82. The number of nitrogens with one attached hydrogen (secondary N) is 1. The predicted octanol–water partition coefficient (Wildman–Crippen LogP) is 5.33. The number of carbonyl (C=O) groups excluding carboxylic acids is 1. The zero-order chi connectivity index (χ0) is 15.6. The van der Waals surface area contributed by atoms with Crippen LogP contribution in [0.2, 0.25) is 10.0 Å². The summed E-state index contributed by atoms with van der Waals surface area (Å²) >= 11 is 15.4. The van der Waals surface area contributed by atoms with Crippen LogP contribution in [0, 0.1) is 6.92 Å². The van der Waals surface area contributed by atoms with Crippen LogP contribution in [0.3, 0.4) is 0 Å². The van der Waals surface area contributed by atoms with Crippen LogP contribution < -0.4 is 10.1 Å². The van der Waals surface area contributed by atoms with E-state index in [1.54, 1.807) is 24.3 Å². The molecule has 0 bridgehead atoms. The van der Waals surface area contributed by atoms with Crippen LogP contribution in [0.25, 0.3) is 0 Å². The molecule has 21 heavy (non-hydrogen) atoms. The summed E-state index contributed by atoms with van der Waals surface area (Å²) in [6, 6.07) is 8.40. The molecule has 6 heteroatoms. The molecule has 2 rings (SSSR count). The highest BCUT2D eigenvalue weighted by Crippen LogP contribution is 2.30. The van der Waals surface area contributed by atoms with Crippen molar-refractivity contribution in [1.82, 2.24) is 0 Å². The Labute approximate surface area is 141 Å². The van der Waals surface area contributed by atoms with E-state index in [2.05, 4.69) is 21.2 Å². The standard InChI is InChI=1S/C15H12BrCl2NO2/c1-8-5-11(16)13(7-12(8)18)19-15(20)10-6-9(17)3-4-14(10)21-2/h3-7H,1-2H3,(H,19,20). The van der Waals surface area contributed by atoms with Crippen molar-refractivity contribution in [2.75, 3.05) is 12.4 Å². The Bertz CT molecular complexity index is 704. The van der Waals surface area contributed by atoms with E-state index in [1.807, 2.05) is 13.0 Å². The smallest absolute Gasteiger partial charge is 0.259 e. The molecule has 0 aromatic heterocycles. The average Bonchev–Trinajstić information content (AvgIpc) is 2.44. The Kier molecular flexibility index (Phi) is 5.14. The molecule has 0 aliphatic rings. The number of hydrogen-bond acceptors (Lipinski definition) is 2. The average molecular weight is 389 g/mol. The van der Waals surface area contributed by atoms with Crippen molar-refractivity contribution in [2.45, 2.75) is 6.92 Å². The second kappa shape index (κ2) is 6.69. The van der Waals surface area contributed by atoms with E-state index < -0.39 is 0 Å². The van der Waals surface area contributed by atoms with Crippen molar-refractivity contribution in [2.24, 2.45) is 0 Å². The van der Waals surface area contributed by atoms with Crippen molar-refractivity contribution >= 4 is 50.7 Å². The van der Waals surface area contributed by atoms with Gasteiger partial charge in [0.15, 0.2) is 0 Å². The third-order valence-corrected chi connectivity index (χ3v) is 4.20. The maximum atomic E-state index is 12.4. The number of amides is 1. The maximum absolute atomic E-state index is 12.4. The Balaban J connectivity index is 2.34. The molecule has 0 spiro atoms. The minimum atomic E-state index is -0.324. The number of rotatable bonds is 3. The quantitative estimate of drug-likeness (QED) is 0.771. The lowest BCUT2D eigenvalue weighted by atomic mass is 10.1. The second-order valence-electron chi connectivity index (χ2n) is 4.38. The van der Waals surface area contributed by atoms with Crippen molar-refractivity contribution < 1.29 is 9.53 Å². The van der Waals surface area contributed by atoms with Gasteiger partial charge in [-0.15, -0.1) is 0 Å². The van der Waals surface area contributed by atoms with E-state index in [9.17, 15) is 4.79 Å². The molecule has 0 aliphatic heterocycles. The van der Waals surface area contributed by atoms with Crippen LogP contribution in [-0.4, -0.2) is 13.0 Å². The van der Waals surface area contributed by atoms with Gasteiger partial charge in [0.2, 0.25) is 0 Å². The van der Waals surface area contributed by atoms with Gasteiger partial charge in [-0.1, -0.05) is 23.2 Å². The van der Waals surface area contributed by atoms with Gasteiger partial charge in [0.05, 0.1) is 18.4 Å². The third-order valence-electron chi connectivity index (χ3n) is 2.90. The van der Waals surface area contributed by atoms with E-state index in [1.165, 1.54) is 7.11 Å². The summed E-state index contributed by atoms with van der Waals surface area (Å²) in [6.07, 6.45) is 0. The number of carbonyl (C=O) groups is 1. The number of anilines is 1. The first-order chi connectivity index (χ1) is 9.92. The fourth-order valence-electron chi connectivity index (χ4n) is 1.79. The van der Waals surface area contributed by atoms with Gasteiger partial charge in [-0.3, -0.25) is 4.79 Å². The number of ether oxygens (including phenoxy) is 1. The van der Waals surface area contributed by atoms with Gasteiger partial charge < -0.3 is 10.1 Å². The fraction of sp³-hybridized carbons (Fsp3) is 0.133. The molecule has 0 aliphatic carbocycles. The largest absolute Gasteiger partial charge is 0.496 e. The van der Waals surface area contributed by atoms with Gasteiger partial charge in [0.25, 0.3) is 5.91 Å². The summed E-state index contributed by atoms with van der Waals surface area (Å²) in [5.41, 5.74) is 1.85. The summed E-state index contributed by atoms with van der Waals surface area (Å²) in [7, 11) is 1.50. The van der Waals surface area contributed by atoms with Crippen LogP contribution in [0.1, 0.15) is 15.9 Å². The van der Waals surface area contributed by atoms with E-state index in [-0.39, 0.29) is 5.91 Å². The van der Waals surface area contributed by atoms with Crippen LogP contribution in [0.4, 0.5) is 5.69 Å². The Hall–Kier alpha value is -1.23. The van der Waals surface area contributed by atoms with Crippen LogP contribution >= 0.6 is 39.1 Å². The summed E-state index contributed by atoms with van der Waals surface area (Å²) < 4.78 is 5.92. The van der Waals surface area contributed by atoms with Crippen molar-refractivity contribution in [3.63, 3.8) is 0 Å². The first-order valence-corrected chi connectivity index (χ1v) is 7.58. The van der Waals surface area contributed by atoms with E-state index in [4.69, 9.17) is 27.9 Å². The lowest BCUT2D eigenvalue weighted by Crippen LogP contribution is -2.13. The molecule has 0 unspecified atom stereocenters. The topological polar surface area (TPSA) is 38.3 Å². The second-order valence-corrected chi connectivity index (χ2v) is 6.08. The molecule has 0 radical (unpaired) electrons. The zero-order valence-corrected chi connectivity index (χ0v) is 14.4. The van der Waals surface area contributed by atoms with Gasteiger partial charge in [-0.25, -0.2) is 0 Å². The first-order valence-electron chi connectivity index (χ1n) is 6.03. The SMILES string of the molecule is COc1ccc(Cl)cc1C(=O)Nc1cc(Cl)c(C)cc1Br. The van der Waals surface area contributed by atoms with Crippen LogP contribution in [-0.2, 0) is 0 Å². The van der Waals surface area contributed by atoms with Gasteiger partial charge >= 0.3 is 0 Å².